The number of nitrogens with zero attached hydrogens (tertiary/aromatic N) is 3. The Kier molecular flexibility index (Phi) is 3.53. The van der Waals surface area contributed by atoms with Gasteiger partial charge in [-0.1, -0.05) is 18.2 Å². The highest BCUT2D eigenvalue weighted by Gasteiger charge is 2.14. The lowest BCUT2D eigenvalue weighted by Gasteiger charge is -2.08. The first kappa shape index (κ1) is 13.2. The van der Waals surface area contributed by atoms with E-state index in [9.17, 15) is 0 Å². The van der Waals surface area contributed by atoms with Crippen molar-refractivity contribution in [3.8, 4) is 0 Å². The number of pyridine rings is 1. The van der Waals surface area contributed by atoms with Crippen LogP contribution in [0.1, 0.15) is 12.2 Å². The molecule has 5 heteroatoms. The van der Waals surface area contributed by atoms with Gasteiger partial charge in [0.25, 0.3) is 0 Å². The molecule has 4 nitrogen and oxygen atoms in total. The number of thioether (sulfide) groups is 1. The third-order valence-electron chi connectivity index (χ3n) is 3.53. The summed E-state index contributed by atoms with van der Waals surface area (Å²) in [5.74, 6) is 2.67. The SMILES string of the molecule is CSCCCn1c(C)nc2c(N)nc3ccccc3c21. The molecule has 0 fully saturated rings. The summed E-state index contributed by atoms with van der Waals surface area (Å²) in [6.45, 7) is 3.00. The van der Waals surface area contributed by atoms with Crippen LogP contribution < -0.4 is 5.73 Å². The van der Waals surface area contributed by atoms with E-state index < -0.39 is 0 Å². The molecule has 0 saturated carbocycles. The number of fused-ring (bicyclic) bond motifs is 3. The van der Waals surface area contributed by atoms with Crippen molar-refractivity contribution in [2.75, 3.05) is 17.7 Å². The molecule has 3 aromatic rings. The van der Waals surface area contributed by atoms with Crippen LogP contribution in [0.15, 0.2) is 24.3 Å². The third kappa shape index (κ3) is 2.12. The molecular formula is C15H18N4S. The summed E-state index contributed by atoms with van der Waals surface area (Å²) in [7, 11) is 0. The second-order valence-corrected chi connectivity index (χ2v) is 5.85. The predicted molar refractivity (Wildman–Crippen MR) is 87.2 cm³/mol. The van der Waals surface area contributed by atoms with Gasteiger partial charge >= 0.3 is 0 Å². The topological polar surface area (TPSA) is 56.7 Å². The monoisotopic (exact) mass is 286 g/mol. The number of aromatic nitrogens is 3. The number of hydrogen-bond donors (Lipinski definition) is 1. The minimum atomic E-state index is 0.519. The third-order valence-corrected chi connectivity index (χ3v) is 4.23. The molecule has 2 aromatic heterocycles. The van der Waals surface area contributed by atoms with Crippen LogP contribution in [0.3, 0.4) is 0 Å². The van der Waals surface area contributed by atoms with E-state index in [-0.39, 0.29) is 0 Å². The summed E-state index contributed by atoms with van der Waals surface area (Å²) >= 11 is 1.87. The van der Waals surface area contributed by atoms with Crippen molar-refractivity contribution in [2.45, 2.75) is 19.9 Å². The highest BCUT2D eigenvalue weighted by Crippen LogP contribution is 2.28. The van der Waals surface area contributed by atoms with E-state index in [0.29, 0.717) is 5.82 Å². The standard InChI is InChI=1S/C15H18N4S/c1-10-17-13-14(19(10)8-5-9-20-2)11-6-3-4-7-12(11)18-15(13)16/h3-4,6-7H,5,8-9H2,1-2H3,(H2,16,18). The fraction of sp³-hybridized carbons (Fsp3) is 0.333. The minimum absolute atomic E-state index is 0.519. The maximum atomic E-state index is 6.07. The lowest BCUT2D eigenvalue weighted by Crippen LogP contribution is -2.02. The molecule has 2 heterocycles. The molecule has 0 aliphatic heterocycles. The molecular weight excluding hydrogens is 268 g/mol. The Morgan fingerprint density at radius 2 is 2.05 bits per heavy atom. The average Bonchev–Trinajstić information content (AvgIpc) is 2.78. The number of hydrogen-bond acceptors (Lipinski definition) is 4. The van der Waals surface area contributed by atoms with Gasteiger partial charge in [-0.15, -0.1) is 0 Å². The molecule has 0 bridgehead atoms. The Morgan fingerprint density at radius 3 is 2.85 bits per heavy atom. The number of anilines is 1. The molecule has 3 rings (SSSR count). The second-order valence-electron chi connectivity index (χ2n) is 4.87. The molecule has 0 spiro atoms. The summed E-state index contributed by atoms with van der Waals surface area (Å²) in [5, 5.41) is 1.13. The Labute approximate surface area is 122 Å². The van der Waals surface area contributed by atoms with Gasteiger partial charge in [0, 0.05) is 11.9 Å². The van der Waals surface area contributed by atoms with E-state index in [1.807, 2.05) is 36.9 Å². The zero-order chi connectivity index (χ0) is 14.1. The molecule has 2 N–H and O–H groups in total. The number of imidazole rings is 1. The van der Waals surface area contributed by atoms with E-state index in [4.69, 9.17) is 5.73 Å². The number of para-hydroxylation sites is 1. The summed E-state index contributed by atoms with van der Waals surface area (Å²) in [6, 6.07) is 8.12. The zero-order valence-electron chi connectivity index (χ0n) is 11.8. The molecule has 0 aliphatic carbocycles. The summed E-state index contributed by atoms with van der Waals surface area (Å²) in [6.07, 6.45) is 3.26. The van der Waals surface area contributed by atoms with E-state index in [1.54, 1.807) is 0 Å². The van der Waals surface area contributed by atoms with Crippen molar-refractivity contribution >= 4 is 39.5 Å². The van der Waals surface area contributed by atoms with Gasteiger partial charge < -0.3 is 10.3 Å². The number of nitrogen functional groups attached to an aromatic ring is 1. The van der Waals surface area contributed by atoms with Gasteiger partial charge in [-0.05, 0) is 31.4 Å². The molecule has 0 saturated heterocycles. The van der Waals surface area contributed by atoms with Crippen LogP contribution in [0, 0.1) is 6.92 Å². The quantitative estimate of drug-likeness (QED) is 0.748. The zero-order valence-corrected chi connectivity index (χ0v) is 12.6. The lowest BCUT2D eigenvalue weighted by atomic mass is 10.2. The van der Waals surface area contributed by atoms with Crippen LogP contribution in [-0.4, -0.2) is 26.5 Å². The molecule has 20 heavy (non-hydrogen) atoms. The first-order valence-electron chi connectivity index (χ1n) is 6.72. The smallest absolute Gasteiger partial charge is 0.152 e. The summed E-state index contributed by atoms with van der Waals surface area (Å²) in [5.41, 5.74) is 8.94. The Balaban J connectivity index is 2.25. The van der Waals surface area contributed by atoms with Gasteiger partial charge in [0.2, 0.25) is 0 Å². The van der Waals surface area contributed by atoms with Crippen molar-refractivity contribution in [1.29, 1.82) is 0 Å². The van der Waals surface area contributed by atoms with Crippen molar-refractivity contribution in [1.82, 2.24) is 14.5 Å². The summed E-state index contributed by atoms with van der Waals surface area (Å²) < 4.78 is 2.27. The maximum Gasteiger partial charge on any atom is 0.152 e. The second kappa shape index (κ2) is 5.32. The van der Waals surface area contributed by atoms with Crippen LogP contribution in [0.25, 0.3) is 21.9 Å². The van der Waals surface area contributed by atoms with Crippen LogP contribution in [0.4, 0.5) is 5.82 Å². The first-order chi connectivity index (χ1) is 9.72. The fourth-order valence-electron chi connectivity index (χ4n) is 2.61. The van der Waals surface area contributed by atoms with Crippen LogP contribution in [0.5, 0.6) is 0 Å². The Bertz CT molecular complexity index is 763. The summed E-state index contributed by atoms with van der Waals surface area (Å²) in [4.78, 5) is 9.06. The molecule has 0 unspecified atom stereocenters. The highest BCUT2D eigenvalue weighted by molar-refractivity contribution is 7.98. The van der Waals surface area contributed by atoms with E-state index in [0.717, 1.165) is 46.5 Å². The maximum absolute atomic E-state index is 6.07. The van der Waals surface area contributed by atoms with Gasteiger partial charge in [-0.2, -0.15) is 11.8 Å². The van der Waals surface area contributed by atoms with Gasteiger partial charge in [0.1, 0.15) is 11.3 Å². The van der Waals surface area contributed by atoms with Gasteiger partial charge in [0.15, 0.2) is 5.82 Å². The first-order valence-corrected chi connectivity index (χ1v) is 8.11. The Morgan fingerprint density at radius 1 is 1.25 bits per heavy atom. The number of aryl methyl sites for hydroxylation is 2. The van der Waals surface area contributed by atoms with Gasteiger partial charge in [-0.25, -0.2) is 9.97 Å². The molecule has 1 aromatic carbocycles. The van der Waals surface area contributed by atoms with E-state index >= 15 is 0 Å². The molecule has 0 atom stereocenters. The number of rotatable bonds is 4. The lowest BCUT2D eigenvalue weighted by molar-refractivity contribution is 0.682. The van der Waals surface area contributed by atoms with Crippen molar-refractivity contribution in [2.24, 2.45) is 0 Å². The van der Waals surface area contributed by atoms with Crippen molar-refractivity contribution < 1.29 is 0 Å². The van der Waals surface area contributed by atoms with Gasteiger partial charge in [0.05, 0.1) is 11.0 Å². The predicted octanol–water partition coefficient (Wildman–Crippen LogP) is 3.23. The highest BCUT2D eigenvalue weighted by atomic mass is 32.2. The van der Waals surface area contributed by atoms with Crippen molar-refractivity contribution in [3.05, 3.63) is 30.1 Å². The average molecular weight is 286 g/mol. The van der Waals surface area contributed by atoms with Crippen LogP contribution >= 0.6 is 11.8 Å². The molecule has 0 radical (unpaired) electrons. The number of nitrogens with two attached hydrogens (primary N) is 1. The Hall–Kier alpha value is -1.75. The van der Waals surface area contributed by atoms with Crippen molar-refractivity contribution in [3.63, 3.8) is 0 Å². The van der Waals surface area contributed by atoms with E-state index in [1.165, 1.54) is 0 Å². The van der Waals surface area contributed by atoms with Crippen LogP contribution in [0.2, 0.25) is 0 Å². The fourth-order valence-corrected chi connectivity index (χ4v) is 3.03. The van der Waals surface area contributed by atoms with Gasteiger partial charge in [-0.3, -0.25) is 0 Å². The number of benzene rings is 1. The molecule has 0 amide bonds. The van der Waals surface area contributed by atoms with E-state index in [2.05, 4.69) is 26.9 Å². The largest absolute Gasteiger partial charge is 0.382 e. The minimum Gasteiger partial charge on any atom is -0.382 e. The molecule has 104 valence electrons. The molecule has 0 aliphatic rings. The normalized spacial score (nSPS) is 11.5. The van der Waals surface area contributed by atoms with Crippen LogP contribution in [-0.2, 0) is 6.54 Å².